The number of hydrogen-bond donors (Lipinski definition) is 0. The average molecular weight is 640 g/mol. The van der Waals surface area contributed by atoms with Gasteiger partial charge in [0.05, 0.1) is 27.8 Å². The van der Waals surface area contributed by atoms with Crippen LogP contribution < -0.4 is 0 Å². The Balaban J connectivity index is 1.16. The third kappa shape index (κ3) is 4.61. The maximum absolute atomic E-state index is 6.56. The van der Waals surface area contributed by atoms with E-state index in [9.17, 15) is 0 Å². The van der Waals surface area contributed by atoms with Gasteiger partial charge in [-0.2, -0.15) is 0 Å². The zero-order valence-electron chi connectivity index (χ0n) is 27.0. The summed E-state index contributed by atoms with van der Waals surface area (Å²) in [4.78, 5) is 10.2. The lowest BCUT2D eigenvalue weighted by atomic mass is 10.0. The van der Waals surface area contributed by atoms with E-state index < -0.39 is 0 Å². The number of para-hydroxylation sites is 2. The van der Waals surface area contributed by atoms with Gasteiger partial charge in [-0.1, -0.05) is 127 Å². The maximum atomic E-state index is 6.56. The first-order valence-corrected chi connectivity index (χ1v) is 16.8. The van der Waals surface area contributed by atoms with Gasteiger partial charge in [0.25, 0.3) is 0 Å². The Morgan fingerprint density at radius 1 is 0.400 bits per heavy atom. The second-order valence-electron chi connectivity index (χ2n) is 12.6. The molecule has 50 heavy (non-hydrogen) atoms. The van der Waals surface area contributed by atoms with E-state index in [1.54, 1.807) is 0 Å². The summed E-state index contributed by atoms with van der Waals surface area (Å²) in [6, 6.07) is 61.3. The van der Waals surface area contributed by atoms with Crippen molar-refractivity contribution in [3.8, 4) is 50.7 Å². The summed E-state index contributed by atoms with van der Waals surface area (Å²) in [6.45, 7) is 0. The maximum Gasteiger partial charge on any atom is 0.160 e. The molecule has 0 bridgehead atoms. The summed E-state index contributed by atoms with van der Waals surface area (Å²) in [5.74, 6) is 0.693. The molecule has 0 spiro atoms. The number of furan rings is 1. The molecule has 0 N–H and O–H groups in total. The molecule has 0 fully saturated rings. The largest absolute Gasteiger partial charge is 0.455 e. The minimum atomic E-state index is 0.693. The summed E-state index contributed by atoms with van der Waals surface area (Å²) in [5, 5.41) is 4.54. The number of benzene rings is 7. The summed E-state index contributed by atoms with van der Waals surface area (Å²) >= 11 is 0. The van der Waals surface area contributed by atoms with E-state index in [0.717, 1.165) is 88.6 Å². The highest BCUT2D eigenvalue weighted by Gasteiger charge is 2.19. The molecule has 0 saturated carbocycles. The second-order valence-corrected chi connectivity index (χ2v) is 12.6. The number of aromatic nitrogens is 3. The molecule has 4 heteroatoms. The Morgan fingerprint density at radius 2 is 1.00 bits per heavy atom. The van der Waals surface area contributed by atoms with Crippen LogP contribution in [0.15, 0.2) is 180 Å². The van der Waals surface area contributed by atoms with Crippen LogP contribution >= 0.6 is 0 Å². The molecular weight excluding hydrogens is 611 g/mol. The van der Waals surface area contributed by atoms with Crippen molar-refractivity contribution in [3.63, 3.8) is 0 Å². The lowest BCUT2D eigenvalue weighted by Gasteiger charge is -2.11. The molecule has 0 aliphatic carbocycles. The van der Waals surface area contributed by atoms with Gasteiger partial charge >= 0.3 is 0 Å². The lowest BCUT2D eigenvalue weighted by molar-refractivity contribution is 0.673. The minimum Gasteiger partial charge on any atom is -0.455 e. The minimum absolute atomic E-state index is 0.693. The lowest BCUT2D eigenvalue weighted by Crippen LogP contribution is -1.96. The van der Waals surface area contributed by atoms with Gasteiger partial charge in [0.1, 0.15) is 11.2 Å². The van der Waals surface area contributed by atoms with Crippen LogP contribution in [0.1, 0.15) is 0 Å². The fourth-order valence-corrected chi connectivity index (χ4v) is 7.25. The SMILES string of the molecule is c1ccc(-c2cc(-c3ccccc3)nc(-c3cccc(-c4ccc5c6c7oc8ccccc8c7ccc6n(-c6ccccc6)c5c4)c3)n2)cc1. The molecule has 7 aromatic carbocycles. The topological polar surface area (TPSA) is 43.9 Å². The molecule has 0 saturated heterocycles. The van der Waals surface area contributed by atoms with E-state index in [4.69, 9.17) is 14.4 Å². The van der Waals surface area contributed by atoms with Crippen LogP contribution in [0.3, 0.4) is 0 Å². The van der Waals surface area contributed by atoms with Crippen molar-refractivity contribution < 1.29 is 4.42 Å². The number of fused-ring (bicyclic) bond motifs is 7. The van der Waals surface area contributed by atoms with Crippen molar-refractivity contribution in [2.45, 2.75) is 0 Å². The first-order valence-electron chi connectivity index (χ1n) is 16.8. The van der Waals surface area contributed by atoms with Gasteiger partial charge in [0.15, 0.2) is 5.82 Å². The highest BCUT2D eigenvalue weighted by molar-refractivity contribution is 6.24. The first-order chi connectivity index (χ1) is 24.8. The smallest absolute Gasteiger partial charge is 0.160 e. The molecule has 10 rings (SSSR count). The molecule has 0 aliphatic heterocycles. The molecule has 0 amide bonds. The molecular formula is C46H29N3O. The number of hydrogen-bond acceptors (Lipinski definition) is 3. The predicted octanol–water partition coefficient (Wildman–Crippen LogP) is 12.1. The van der Waals surface area contributed by atoms with Gasteiger partial charge in [-0.05, 0) is 59.7 Å². The normalized spacial score (nSPS) is 11.6. The van der Waals surface area contributed by atoms with Gasteiger partial charge in [-0.3, -0.25) is 0 Å². The van der Waals surface area contributed by atoms with E-state index in [-0.39, 0.29) is 0 Å². The molecule has 4 nitrogen and oxygen atoms in total. The molecule has 10 aromatic rings. The average Bonchev–Trinajstić information content (AvgIpc) is 3.74. The zero-order chi connectivity index (χ0) is 33.0. The standard InChI is InChI=1S/C46H29N3O/c1-4-13-30(14-5-1)39-29-40(31-15-6-2-7-16-31)48-46(47-39)34-18-12-17-32(27-34)33-23-24-38-42(28-33)49(35-19-8-3-9-20-35)41-26-25-37-36-21-10-11-22-43(36)50-45(37)44(38)41/h1-29H. The Labute approximate surface area is 288 Å². The first kappa shape index (κ1) is 28.3. The highest BCUT2D eigenvalue weighted by Crippen LogP contribution is 2.42. The summed E-state index contributed by atoms with van der Waals surface area (Å²) < 4.78 is 8.91. The van der Waals surface area contributed by atoms with Crippen molar-refractivity contribution in [1.29, 1.82) is 0 Å². The van der Waals surface area contributed by atoms with E-state index >= 15 is 0 Å². The second kappa shape index (κ2) is 11.4. The van der Waals surface area contributed by atoms with Crippen LogP contribution in [0, 0.1) is 0 Å². The molecule has 0 radical (unpaired) electrons. The van der Waals surface area contributed by atoms with Gasteiger partial charge in [0, 0.05) is 38.5 Å². The summed E-state index contributed by atoms with van der Waals surface area (Å²) in [7, 11) is 0. The Morgan fingerprint density at radius 3 is 1.74 bits per heavy atom. The molecule has 0 unspecified atom stereocenters. The fraction of sp³-hybridized carbons (Fsp3) is 0. The Hall–Kier alpha value is -6.78. The van der Waals surface area contributed by atoms with Gasteiger partial charge in [0.2, 0.25) is 0 Å². The Kier molecular flexibility index (Phi) is 6.46. The van der Waals surface area contributed by atoms with Crippen LogP contribution in [-0.2, 0) is 0 Å². The van der Waals surface area contributed by atoms with Gasteiger partial charge < -0.3 is 8.98 Å². The van der Waals surface area contributed by atoms with Crippen LogP contribution in [0.25, 0.3) is 94.5 Å². The number of rotatable bonds is 5. The van der Waals surface area contributed by atoms with Crippen LogP contribution in [0.2, 0.25) is 0 Å². The fourth-order valence-electron chi connectivity index (χ4n) is 7.25. The van der Waals surface area contributed by atoms with Crippen molar-refractivity contribution in [2.75, 3.05) is 0 Å². The van der Waals surface area contributed by atoms with E-state index in [1.807, 2.05) is 48.5 Å². The van der Waals surface area contributed by atoms with Crippen LogP contribution in [-0.4, -0.2) is 14.5 Å². The molecule has 0 atom stereocenters. The monoisotopic (exact) mass is 639 g/mol. The van der Waals surface area contributed by atoms with Crippen molar-refractivity contribution in [1.82, 2.24) is 14.5 Å². The molecule has 3 heterocycles. The summed E-state index contributed by atoms with van der Waals surface area (Å²) in [5.41, 5.74) is 12.2. The third-order valence-electron chi connectivity index (χ3n) is 9.61. The van der Waals surface area contributed by atoms with Crippen LogP contribution in [0.5, 0.6) is 0 Å². The van der Waals surface area contributed by atoms with E-state index in [0.29, 0.717) is 5.82 Å². The van der Waals surface area contributed by atoms with Crippen molar-refractivity contribution in [3.05, 3.63) is 176 Å². The van der Waals surface area contributed by atoms with Crippen molar-refractivity contribution in [2.24, 2.45) is 0 Å². The summed E-state index contributed by atoms with van der Waals surface area (Å²) in [6.07, 6.45) is 0. The highest BCUT2D eigenvalue weighted by atomic mass is 16.3. The van der Waals surface area contributed by atoms with Crippen LogP contribution in [0.4, 0.5) is 0 Å². The zero-order valence-corrected chi connectivity index (χ0v) is 27.0. The predicted molar refractivity (Wildman–Crippen MR) is 205 cm³/mol. The van der Waals surface area contributed by atoms with Crippen molar-refractivity contribution >= 4 is 43.7 Å². The van der Waals surface area contributed by atoms with Gasteiger partial charge in [-0.15, -0.1) is 0 Å². The molecule has 0 aliphatic rings. The van der Waals surface area contributed by atoms with Gasteiger partial charge in [-0.25, -0.2) is 9.97 Å². The molecule has 3 aromatic heterocycles. The van der Waals surface area contributed by atoms with E-state index in [2.05, 4.69) is 132 Å². The quantitative estimate of drug-likeness (QED) is 0.188. The number of nitrogens with zero attached hydrogens (tertiary/aromatic N) is 3. The third-order valence-corrected chi connectivity index (χ3v) is 9.61. The van der Waals surface area contributed by atoms with E-state index in [1.165, 1.54) is 0 Å². The Bertz CT molecular complexity index is 2800. The molecule has 234 valence electrons.